The number of carbonyl (C=O) groups excluding carboxylic acids is 1. The predicted molar refractivity (Wildman–Crippen MR) is 52.5 cm³/mol. The van der Waals surface area contributed by atoms with E-state index < -0.39 is 10.8 Å². The normalized spacial score (nSPS) is 10.4. The van der Waals surface area contributed by atoms with Crippen molar-refractivity contribution in [2.24, 2.45) is 0 Å². The van der Waals surface area contributed by atoms with Crippen LogP contribution in [0.25, 0.3) is 10.8 Å². The van der Waals surface area contributed by atoms with Crippen molar-refractivity contribution >= 4 is 27.6 Å². The summed E-state index contributed by atoms with van der Waals surface area (Å²) >= 11 is 5.34. The van der Waals surface area contributed by atoms with Gasteiger partial charge in [0.15, 0.2) is 0 Å². The molecule has 5 heteroatoms. The number of hydrogen-bond donors (Lipinski definition) is 1. The van der Waals surface area contributed by atoms with Crippen molar-refractivity contribution in [2.75, 3.05) is 0 Å². The number of H-pyrrole nitrogens is 1. The molecule has 1 heterocycles. The van der Waals surface area contributed by atoms with Crippen LogP contribution in [0.5, 0.6) is 0 Å². The molecule has 1 N–H and O–H groups in total. The number of aromatic nitrogens is 2. The van der Waals surface area contributed by atoms with Gasteiger partial charge in [-0.05, 0) is 17.7 Å². The lowest BCUT2D eigenvalue weighted by Gasteiger charge is -1.98. The molecule has 0 amide bonds. The van der Waals surface area contributed by atoms with Crippen LogP contribution in [0.4, 0.5) is 0 Å². The van der Waals surface area contributed by atoms with E-state index in [9.17, 15) is 9.59 Å². The molecule has 1 aromatic heterocycles. The van der Waals surface area contributed by atoms with Gasteiger partial charge in [0.05, 0.1) is 11.6 Å². The number of benzene rings is 1. The molecule has 0 bridgehead atoms. The van der Waals surface area contributed by atoms with Crippen molar-refractivity contribution in [3.05, 3.63) is 40.3 Å². The summed E-state index contributed by atoms with van der Waals surface area (Å²) in [5, 5.41) is 6.11. The van der Waals surface area contributed by atoms with Crippen LogP contribution >= 0.6 is 11.6 Å². The molecular formula is C9H5ClN2O2. The summed E-state index contributed by atoms with van der Waals surface area (Å²) in [7, 11) is 0. The Hall–Kier alpha value is -1.68. The quantitative estimate of drug-likeness (QED) is 0.719. The number of nitrogens with zero attached hydrogens (tertiary/aromatic N) is 1. The van der Waals surface area contributed by atoms with Crippen molar-refractivity contribution in [1.82, 2.24) is 10.2 Å². The summed E-state index contributed by atoms with van der Waals surface area (Å²) in [5.41, 5.74) is -0.208. The summed E-state index contributed by atoms with van der Waals surface area (Å²) < 4.78 is 0. The molecule has 14 heavy (non-hydrogen) atoms. The smallest absolute Gasteiger partial charge is 0.272 e. The van der Waals surface area contributed by atoms with Crippen LogP contribution in [0.1, 0.15) is 10.4 Å². The molecule has 0 aliphatic rings. The fraction of sp³-hybridized carbons (Fsp3) is 0. The monoisotopic (exact) mass is 208 g/mol. The highest BCUT2D eigenvalue weighted by atomic mass is 35.5. The largest absolute Gasteiger partial charge is 0.276 e. The fourth-order valence-corrected chi connectivity index (χ4v) is 1.47. The molecule has 0 saturated carbocycles. The van der Waals surface area contributed by atoms with Crippen LogP contribution in [0.3, 0.4) is 0 Å². The van der Waals surface area contributed by atoms with Crippen LogP contribution < -0.4 is 5.56 Å². The fourth-order valence-electron chi connectivity index (χ4n) is 1.31. The Morgan fingerprint density at radius 1 is 1.43 bits per heavy atom. The minimum atomic E-state index is -0.646. The maximum Gasteiger partial charge on any atom is 0.272 e. The van der Waals surface area contributed by atoms with Crippen LogP contribution in [-0.2, 0) is 0 Å². The Bertz CT molecular complexity index is 557. The topological polar surface area (TPSA) is 62.8 Å². The first-order chi connectivity index (χ1) is 6.70. The molecule has 4 nitrogen and oxygen atoms in total. The summed E-state index contributed by atoms with van der Waals surface area (Å²) in [6, 6.07) is 4.85. The summed E-state index contributed by atoms with van der Waals surface area (Å²) in [5.74, 6) is 0. The Balaban J connectivity index is 2.99. The Kier molecular flexibility index (Phi) is 2.05. The van der Waals surface area contributed by atoms with Crippen LogP contribution in [-0.4, -0.2) is 15.4 Å². The third-order valence-corrected chi connectivity index (χ3v) is 2.11. The molecule has 70 valence electrons. The third-order valence-electron chi connectivity index (χ3n) is 1.91. The summed E-state index contributed by atoms with van der Waals surface area (Å²) in [6.07, 6.45) is 1.47. The number of rotatable bonds is 1. The van der Waals surface area contributed by atoms with E-state index in [0.717, 1.165) is 0 Å². The SMILES string of the molecule is O=C(Cl)c1cccc2cn[nH]c(=O)c12. The molecule has 2 rings (SSSR count). The zero-order chi connectivity index (χ0) is 10.1. The standard InChI is InChI=1S/C9H5ClN2O2/c10-8(13)6-3-1-2-5-4-11-12-9(14)7(5)6/h1-4H,(H,12,14). The van der Waals surface area contributed by atoms with E-state index in [1.54, 1.807) is 12.1 Å². The Labute approximate surface area is 83.5 Å². The van der Waals surface area contributed by atoms with Crippen molar-refractivity contribution in [2.45, 2.75) is 0 Å². The van der Waals surface area contributed by atoms with E-state index in [-0.39, 0.29) is 10.9 Å². The van der Waals surface area contributed by atoms with Gasteiger partial charge in [-0.3, -0.25) is 9.59 Å². The Morgan fingerprint density at radius 3 is 2.93 bits per heavy atom. The van der Waals surface area contributed by atoms with Gasteiger partial charge >= 0.3 is 0 Å². The number of halogens is 1. The maximum atomic E-state index is 11.4. The van der Waals surface area contributed by atoms with E-state index in [4.69, 9.17) is 11.6 Å². The first kappa shape index (κ1) is 8.90. The van der Waals surface area contributed by atoms with E-state index in [0.29, 0.717) is 5.39 Å². The number of carbonyl (C=O) groups is 1. The van der Waals surface area contributed by atoms with Crippen molar-refractivity contribution in [3.63, 3.8) is 0 Å². The molecule has 0 aliphatic carbocycles. The van der Waals surface area contributed by atoms with Gasteiger partial charge in [-0.15, -0.1) is 0 Å². The third kappa shape index (κ3) is 1.29. The minimum absolute atomic E-state index is 0.202. The first-order valence-electron chi connectivity index (χ1n) is 3.86. The minimum Gasteiger partial charge on any atom is -0.276 e. The molecule has 0 unspecified atom stereocenters. The number of nitrogens with one attached hydrogen (secondary N) is 1. The van der Waals surface area contributed by atoms with Gasteiger partial charge in [0.25, 0.3) is 10.8 Å². The second-order valence-corrected chi connectivity index (χ2v) is 3.09. The molecule has 0 atom stereocenters. The zero-order valence-corrected chi connectivity index (χ0v) is 7.71. The molecule has 0 radical (unpaired) electrons. The molecule has 2 aromatic rings. The van der Waals surface area contributed by atoms with E-state index >= 15 is 0 Å². The van der Waals surface area contributed by atoms with Gasteiger partial charge in [-0.25, -0.2) is 5.10 Å². The second kappa shape index (κ2) is 3.23. The molecule has 0 fully saturated rings. The van der Waals surface area contributed by atoms with Crippen molar-refractivity contribution in [1.29, 1.82) is 0 Å². The van der Waals surface area contributed by atoms with Gasteiger partial charge in [0.1, 0.15) is 0 Å². The molecule has 0 saturated heterocycles. The number of fused-ring (bicyclic) bond motifs is 1. The average Bonchev–Trinajstić information content (AvgIpc) is 2.17. The Morgan fingerprint density at radius 2 is 2.21 bits per heavy atom. The van der Waals surface area contributed by atoms with Gasteiger partial charge in [0.2, 0.25) is 0 Å². The van der Waals surface area contributed by atoms with E-state index in [2.05, 4.69) is 10.2 Å². The first-order valence-corrected chi connectivity index (χ1v) is 4.24. The van der Waals surface area contributed by atoms with E-state index in [1.165, 1.54) is 12.3 Å². The van der Waals surface area contributed by atoms with Gasteiger partial charge in [-0.2, -0.15) is 5.10 Å². The highest BCUT2D eigenvalue weighted by Gasteiger charge is 2.09. The summed E-state index contributed by atoms with van der Waals surface area (Å²) in [4.78, 5) is 22.4. The summed E-state index contributed by atoms with van der Waals surface area (Å²) in [6.45, 7) is 0. The van der Waals surface area contributed by atoms with Gasteiger partial charge in [0, 0.05) is 10.9 Å². The predicted octanol–water partition coefficient (Wildman–Crippen LogP) is 1.30. The molecule has 0 spiro atoms. The highest BCUT2D eigenvalue weighted by Crippen LogP contribution is 2.14. The van der Waals surface area contributed by atoms with Gasteiger partial charge < -0.3 is 0 Å². The lowest BCUT2D eigenvalue weighted by molar-refractivity contribution is 0.108. The number of aromatic amines is 1. The zero-order valence-electron chi connectivity index (χ0n) is 6.95. The molecular weight excluding hydrogens is 204 g/mol. The van der Waals surface area contributed by atoms with E-state index in [1.807, 2.05) is 0 Å². The lowest BCUT2D eigenvalue weighted by Crippen LogP contribution is -2.10. The van der Waals surface area contributed by atoms with Crippen molar-refractivity contribution < 1.29 is 4.79 Å². The highest BCUT2D eigenvalue weighted by molar-refractivity contribution is 6.68. The van der Waals surface area contributed by atoms with Crippen LogP contribution in [0.2, 0.25) is 0 Å². The average molecular weight is 209 g/mol. The van der Waals surface area contributed by atoms with Crippen LogP contribution in [0, 0.1) is 0 Å². The van der Waals surface area contributed by atoms with Crippen molar-refractivity contribution in [3.8, 4) is 0 Å². The maximum absolute atomic E-state index is 11.4. The molecule has 0 aliphatic heterocycles. The second-order valence-electron chi connectivity index (χ2n) is 2.74. The molecule has 1 aromatic carbocycles. The van der Waals surface area contributed by atoms with Gasteiger partial charge in [-0.1, -0.05) is 12.1 Å². The number of hydrogen-bond acceptors (Lipinski definition) is 3. The van der Waals surface area contributed by atoms with Crippen LogP contribution in [0.15, 0.2) is 29.2 Å². The lowest BCUT2D eigenvalue weighted by atomic mass is 10.1.